The van der Waals surface area contributed by atoms with Crippen LogP contribution in [0.5, 0.6) is 0 Å². The average molecular weight is 342 g/mol. The predicted molar refractivity (Wildman–Crippen MR) is 81.0 cm³/mol. The van der Waals surface area contributed by atoms with Crippen molar-refractivity contribution in [2.75, 3.05) is 13.2 Å². The fraction of sp³-hybridized carbons (Fsp3) is 0.400. The van der Waals surface area contributed by atoms with Gasteiger partial charge in [-0.15, -0.1) is 0 Å². The number of ether oxygens (including phenoxy) is 2. The van der Waals surface area contributed by atoms with Crippen LogP contribution in [0.25, 0.3) is 0 Å². The van der Waals surface area contributed by atoms with Gasteiger partial charge in [0.2, 0.25) is 0 Å². The second-order valence-corrected chi connectivity index (χ2v) is 5.05. The molecule has 7 nitrogen and oxygen atoms in total. The SMILES string of the molecule is CCOC(=O)C1=[N+]([O-])OC(C(=O)OCC)C1c1ccccc1Cl. The molecular formula is C15H16ClNO6. The van der Waals surface area contributed by atoms with Crippen LogP contribution < -0.4 is 0 Å². The van der Waals surface area contributed by atoms with E-state index in [2.05, 4.69) is 0 Å². The molecular weight excluding hydrogens is 326 g/mol. The minimum Gasteiger partial charge on any atom is -0.465 e. The highest BCUT2D eigenvalue weighted by Gasteiger charge is 2.50. The number of benzene rings is 1. The third kappa shape index (κ3) is 3.39. The molecule has 1 heterocycles. The van der Waals surface area contributed by atoms with Gasteiger partial charge in [0.15, 0.2) is 6.10 Å². The molecule has 2 atom stereocenters. The Bertz CT molecular complexity index is 645. The summed E-state index contributed by atoms with van der Waals surface area (Å²) in [4.78, 5) is 29.2. The molecule has 1 aromatic rings. The number of hydrogen-bond acceptors (Lipinski definition) is 6. The molecule has 0 N–H and O–H groups in total. The molecule has 23 heavy (non-hydrogen) atoms. The first-order valence-electron chi connectivity index (χ1n) is 7.10. The molecule has 0 amide bonds. The van der Waals surface area contributed by atoms with E-state index in [1.54, 1.807) is 38.1 Å². The summed E-state index contributed by atoms with van der Waals surface area (Å²) in [6.07, 6.45) is -1.30. The van der Waals surface area contributed by atoms with Gasteiger partial charge in [-0.25, -0.2) is 4.79 Å². The highest BCUT2D eigenvalue weighted by molar-refractivity contribution is 6.38. The van der Waals surface area contributed by atoms with Gasteiger partial charge in [0, 0.05) is 5.02 Å². The molecule has 0 radical (unpaired) electrons. The summed E-state index contributed by atoms with van der Waals surface area (Å²) < 4.78 is 9.80. The van der Waals surface area contributed by atoms with E-state index >= 15 is 0 Å². The monoisotopic (exact) mass is 341 g/mol. The number of hydrogen-bond donors (Lipinski definition) is 0. The van der Waals surface area contributed by atoms with Gasteiger partial charge in [-0.05, 0) is 25.5 Å². The maximum atomic E-state index is 12.1. The van der Waals surface area contributed by atoms with Crippen LogP contribution in [-0.4, -0.2) is 41.9 Å². The third-order valence-electron chi connectivity index (χ3n) is 3.25. The van der Waals surface area contributed by atoms with E-state index in [1.165, 1.54) is 0 Å². The van der Waals surface area contributed by atoms with Gasteiger partial charge in [0.1, 0.15) is 5.92 Å². The quantitative estimate of drug-likeness (QED) is 0.599. The van der Waals surface area contributed by atoms with Crippen molar-refractivity contribution in [2.24, 2.45) is 0 Å². The molecule has 0 bridgehead atoms. The Kier molecular flexibility index (Phi) is 5.44. The van der Waals surface area contributed by atoms with E-state index in [0.29, 0.717) is 10.6 Å². The van der Waals surface area contributed by atoms with Crippen LogP contribution in [0.4, 0.5) is 0 Å². The number of nitrogens with zero attached hydrogens (tertiary/aromatic N) is 1. The number of halogens is 1. The second kappa shape index (κ2) is 7.32. The Labute approximate surface area is 137 Å². The van der Waals surface area contributed by atoms with Crippen molar-refractivity contribution in [3.05, 3.63) is 40.1 Å². The lowest BCUT2D eigenvalue weighted by molar-refractivity contribution is -0.736. The van der Waals surface area contributed by atoms with Gasteiger partial charge in [0.05, 0.1) is 18.1 Å². The van der Waals surface area contributed by atoms with E-state index < -0.39 is 24.0 Å². The van der Waals surface area contributed by atoms with Crippen molar-refractivity contribution < 1.29 is 28.8 Å². The summed E-state index contributed by atoms with van der Waals surface area (Å²) in [6.45, 7) is 3.43. The molecule has 1 aliphatic rings. The van der Waals surface area contributed by atoms with Crippen LogP contribution in [0.15, 0.2) is 24.3 Å². The van der Waals surface area contributed by atoms with Crippen molar-refractivity contribution in [3.8, 4) is 0 Å². The lowest BCUT2D eigenvalue weighted by Crippen LogP contribution is -2.34. The molecule has 0 aromatic heterocycles. The lowest BCUT2D eigenvalue weighted by Gasteiger charge is -2.18. The zero-order chi connectivity index (χ0) is 17.0. The van der Waals surface area contributed by atoms with Gasteiger partial charge in [-0.2, -0.15) is 0 Å². The molecule has 1 aliphatic heterocycles. The third-order valence-corrected chi connectivity index (χ3v) is 3.59. The topological polar surface area (TPSA) is 87.9 Å². The standard InChI is InChI=1S/C15H16ClNO6/c1-3-21-14(18)12-11(9-7-5-6-8-10(9)16)13(23-17(12)20)15(19)22-4-2/h5-8,11,13H,3-4H2,1-2H3. The molecule has 1 aromatic carbocycles. The molecule has 0 saturated heterocycles. The first-order chi connectivity index (χ1) is 11.0. The first-order valence-corrected chi connectivity index (χ1v) is 7.48. The van der Waals surface area contributed by atoms with E-state index in [-0.39, 0.29) is 23.8 Å². The average Bonchev–Trinajstić information content (AvgIpc) is 2.85. The maximum Gasteiger partial charge on any atom is 0.405 e. The molecule has 124 valence electrons. The number of rotatable bonds is 5. The maximum absolute atomic E-state index is 12.1. The van der Waals surface area contributed by atoms with Crippen LogP contribution in [-0.2, 0) is 23.9 Å². The Morgan fingerprint density at radius 1 is 1.26 bits per heavy atom. The van der Waals surface area contributed by atoms with Gasteiger partial charge >= 0.3 is 17.7 Å². The summed E-state index contributed by atoms with van der Waals surface area (Å²) >= 11 is 6.15. The van der Waals surface area contributed by atoms with Gasteiger partial charge in [0.25, 0.3) is 0 Å². The Balaban J connectivity index is 2.48. The Morgan fingerprint density at radius 3 is 2.52 bits per heavy atom. The molecule has 2 rings (SSSR count). The summed E-state index contributed by atoms with van der Waals surface area (Å²) in [5, 5.41) is 12.3. The van der Waals surface area contributed by atoms with E-state index in [0.717, 1.165) is 0 Å². The van der Waals surface area contributed by atoms with Gasteiger partial charge in [-0.3, -0.25) is 10.0 Å². The number of carbonyl (C=O) groups excluding carboxylic acids is 2. The van der Waals surface area contributed by atoms with E-state index in [1.807, 2.05) is 0 Å². The highest BCUT2D eigenvalue weighted by Crippen LogP contribution is 2.34. The fourth-order valence-electron chi connectivity index (χ4n) is 2.33. The summed E-state index contributed by atoms with van der Waals surface area (Å²) in [5.41, 5.74) is 0.0756. The summed E-state index contributed by atoms with van der Waals surface area (Å²) in [6, 6.07) is 6.58. The van der Waals surface area contributed by atoms with Gasteiger partial charge < -0.3 is 14.3 Å². The summed E-state index contributed by atoms with van der Waals surface area (Å²) in [7, 11) is 0. The summed E-state index contributed by atoms with van der Waals surface area (Å²) in [5.74, 6) is -2.61. The molecule has 0 fully saturated rings. The van der Waals surface area contributed by atoms with Crippen LogP contribution in [0, 0.1) is 5.21 Å². The van der Waals surface area contributed by atoms with Crippen molar-refractivity contribution in [1.82, 2.24) is 0 Å². The zero-order valence-corrected chi connectivity index (χ0v) is 13.4. The van der Waals surface area contributed by atoms with E-state index in [9.17, 15) is 14.8 Å². The first kappa shape index (κ1) is 17.1. The largest absolute Gasteiger partial charge is 0.465 e. The van der Waals surface area contributed by atoms with Crippen LogP contribution in [0.1, 0.15) is 25.3 Å². The molecule has 0 aliphatic carbocycles. The van der Waals surface area contributed by atoms with Gasteiger partial charge in [-0.1, -0.05) is 29.8 Å². The second-order valence-electron chi connectivity index (χ2n) is 4.64. The normalized spacial score (nSPS) is 20.1. The van der Waals surface area contributed by atoms with Crippen LogP contribution in [0.2, 0.25) is 5.02 Å². The molecule has 2 unspecified atom stereocenters. The zero-order valence-electron chi connectivity index (χ0n) is 12.7. The fourth-order valence-corrected chi connectivity index (χ4v) is 2.58. The van der Waals surface area contributed by atoms with E-state index in [4.69, 9.17) is 25.9 Å². The molecule has 0 spiro atoms. The molecule has 0 saturated carbocycles. The minimum absolute atomic E-state index is 0.00752. The smallest absolute Gasteiger partial charge is 0.405 e. The van der Waals surface area contributed by atoms with Crippen LogP contribution in [0.3, 0.4) is 0 Å². The van der Waals surface area contributed by atoms with Crippen LogP contribution >= 0.6 is 11.6 Å². The molecule has 8 heteroatoms. The minimum atomic E-state index is -1.30. The Morgan fingerprint density at radius 2 is 1.91 bits per heavy atom. The van der Waals surface area contributed by atoms with Crippen molar-refractivity contribution >= 4 is 29.3 Å². The van der Waals surface area contributed by atoms with Crippen molar-refractivity contribution in [1.29, 1.82) is 0 Å². The Hall–Kier alpha value is -2.28. The van der Waals surface area contributed by atoms with Crippen molar-refractivity contribution in [3.63, 3.8) is 0 Å². The number of esters is 2. The number of carbonyl (C=O) groups is 2. The lowest BCUT2D eigenvalue weighted by atomic mass is 9.89. The highest BCUT2D eigenvalue weighted by atomic mass is 35.5. The van der Waals surface area contributed by atoms with Crippen molar-refractivity contribution in [2.45, 2.75) is 25.9 Å². The predicted octanol–water partition coefficient (Wildman–Crippen LogP) is 1.81.